The van der Waals surface area contributed by atoms with Crippen molar-refractivity contribution < 1.29 is 22.4 Å². The predicted octanol–water partition coefficient (Wildman–Crippen LogP) is 4.08. The third kappa shape index (κ3) is 5.17. The van der Waals surface area contributed by atoms with Crippen LogP contribution in [0, 0.1) is 5.82 Å². The minimum atomic E-state index is -4.52. The van der Waals surface area contributed by atoms with Crippen molar-refractivity contribution in [1.82, 2.24) is 5.43 Å². The van der Waals surface area contributed by atoms with Crippen LogP contribution in [0.15, 0.2) is 53.4 Å². The van der Waals surface area contributed by atoms with Gasteiger partial charge in [-0.3, -0.25) is 15.6 Å². The molecule has 0 spiro atoms. The largest absolute Gasteiger partial charge is 0.418 e. The van der Waals surface area contributed by atoms with E-state index in [-0.39, 0.29) is 17.3 Å². The maximum absolute atomic E-state index is 12.8. The molecule has 0 aromatic heterocycles. The summed E-state index contributed by atoms with van der Waals surface area (Å²) in [4.78, 5) is 12.3. The van der Waals surface area contributed by atoms with Crippen LogP contribution in [0.3, 0.4) is 0 Å². The first-order valence-corrected chi connectivity index (χ1v) is 7.44. The highest BCUT2D eigenvalue weighted by molar-refractivity contribution is 8.00. The van der Waals surface area contributed by atoms with Gasteiger partial charge in [-0.1, -0.05) is 12.1 Å². The van der Waals surface area contributed by atoms with Crippen LogP contribution >= 0.6 is 11.8 Å². The number of hydrogen-bond acceptors (Lipinski definition) is 3. The summed E-state index contributed by atoms with van der Waals surface area (Å²) in [6.45, 7) is 0. The predicted molar refractivity (Wildman–Crippen MR) is 80.3 cm³/mol. The third-order valence-electron chi connectivity index (χ3n) is 2.75. The van der Waals surface area contributed by atoms with Crippen LogP contribution in [0.4, 0.5) is 23.2 Å². The Morgan fingerprint density at radius 2 is 1.70 bits per heavy atom. The normalized spacial score (nSPS) is 11.1. The van der Waals surface area contributed by atoms with Gasteiger partial charge < -0.3 is 0 Å². The molecule has 2 N–H and O–H groups in total. The molecule has 0 saturated carbocycles. The van der Waals surface area contributed by atoms with Crippen molar-refractivity contribution >= 4 is 23.4 Å². The van der Waals surface area contributed by atoms with E-state index in [4.69, 9.17) is 0 Å². The van der Waals surface area contributed by atoms with Gasteiger partial charge in [0.05, 0.1) is 17.0 Å². The Morgan fingerprint density at radius 3 is 2.35 bits per heavy atom. The molecule has 0 aliphatic heterocycles. The van der Waals surface area contributed by atoms with Crippen LogP contribution < -0.4 is 10.9 Å². The molecule has 3 nitrogen and oxygen atoms in total. The van der Waals surface area contributed by atoms with Crippen molar-refractivity contribution in [2.24, 2.45) is 0 Å². The van der Waals surface area contributed by atoms with Gasteiger partial charge in [0.15, 0.2) is 0 Å². The zero-order valence-electron chi connectivity index (χ0n) is 11.7. The minimum absolute atomic E-state index is 0.0210. The average molecular weight is 344 g/mol. The summed E-state index contributed by atoms with van der Waals surface area (Å²) in [5.41, 5.74) is 3.38. The number of anilines is 1. The molecule has 0 aliphatic rings. The smallest absolute Gasteiger partial charge is 0.298 e. The average Bonchev–Trinajstić information content (AvgIpc) is 2.52. The van der Waals surface area contributed by atoms with Crippen molar-refractivity contribution in [3.8, 4) is 0 Å². The highest BCUT2D eigenvalue weighted by atomic mass is 32.2. The van der Waals surface area contributed by atoms with Crippen molar-refractivity contribution in [2.45, 2.75) is 11.1 Å². The van der Waals surface area contributed by atoms with Crippen LogP contribution in [0.2, 0.25) is 0 Å². The van der Waals surface area contributed by atoms with Crippen LogP contribution in [-0.4, -0.2) is 11.7 Å². The molecule has 23 heavy (non-hydrogen) atoms. The monoisotopic (exact) mass is 344 g/mol. The summed E-state index contributed by atoms with van der Waals surface area (Å²) >= 11 is 1.14. The van der Waals surface area contributed by atoms with Crippen LogP contribution in [0.25, 0.3) is 0 Å². The third-order valence-corrected chi connectivity index (χ3v) is 3.76. The molecular formula is C15H12F4N2OS. The zero-order valence-corrected chi connectivity index (χ0v) is 12.5. The number of para-hydroxylation sites is 1. The van der Waals surface area contributed by atoms with Crippen molar-refractivity contribution in [3.05, 3.63) is 59.9 Å². The molecule has 0 radical (unpaired) electrons. The van der Waals surface area contributed by atoms with Crippen LogP contribution in [-0.2, 0) is 11.0 Å². The summed E-state index contributed by atoms with van der Waals surface area (Å²) in [7, 11) is 0. The van der Waals surface area contributed by atoms with Gasteiger partial charge in [0.1, 0.15) is 5.82 Å². The zero-order chi connectivity index (χ0) is 16.9. The van der Waals surface area contributed by atoms with Crippen LogP contribution in [0.5, 0.6) is 0 Å². The maximum Gasteiger partial charge on any atom is 0.418 e. The lowest BCUT2D eigenvalue weighted by molar-refractivity contribution is -0.137. The Bertz CT molecular complexity index is 674. The van der Waals surface area contributed by atoms with E-state index in [1.165, 1.54) is 42.5 Å². The Morgan fingerprint density at radius 1 is 1.04 bits per heavy atom. The van der Waals surface area contributed by atoms with Gasteiger partial charge in [0.2, 0.25) is 5.91 Å². The number of hydrogen-bond donors (Lipinski definition) is 2. The number of amides is 1. The number of benzene rings is 2. The van der Waals surface area contributed by atoms with Gasteiger partial charge in [0.25, 0.3) is 0 Å². The number of thioether (sulfide) groups is 1. The lowest BCUT2D eigenvalue weighted by Crippen LogP contribution is -2.31. The molecule has 0 bridgehead atoms. The second-order valence-corrected chi connectivity index (χ2v) is 5.51. The molecular weight excluding hydrogens is 332 g/mol. The number of alkyl halides is 3. The molecule has 0 aliphatic carbocycles. The van der Waals surface area contributed by atoms with E-state index >= 15 is 0 Å². The van der Waals surface area contributed by atoms with Gasteiger partial charge in [-0.25, -0.2) is 4.39 Å². The van der Waals surface area contributed by atoms with E-state index in [0.29, 0.717) is 4.90 Å². The van der Waals surface area contributed by atoms with Gasteiger partial charge in [-0.15, -0.1) is 11.8 Å². The van der Waals surface area contributed by atoms with E-state index < -0.39 is 17.6 Å². The maximum atomic E-state index is 12.8. The van der Waals surface area contributed by atoms with E-state index in [0.717, 1.165) is 17.8 Å². The summed E-state index contributed by atoms with van der Waals surface area (Å²) < 4.78 is 51.1. The quantitative estimate of drug-likeness (QED) is 0.488. The number of halogens is 4. The first-order chi connectivity index (χ1) is 10.9. The SMILES string of the molecule is O=C(CSc1ccc(F)cc1)NNc1ccccc1C(F)(F)F. The minimum Gasteiger partial charge on any atom is -0.298 e. The first kappa shape index (κ1) is 17.1. The summed E-state index contributed by atoms with van der Waals surface area (Å²) in [5, 5.41) is 0. The molecule has 8 heteroatoms. The van der Waals surface area contributed by atoms with Gasteiger partial charge in [-0.2, -0.15) is 13.2 Å². The number of rotatable bonds is 5. The van der Waals surface area contributed by atoms with Crippen molar-refractivity contribution in [2.75, 3.05) is 11.2 Å². The van der Waals surface area contributed by atoms with Gasteiger partial charge in [-0.05, 0) is 36.4 Å². The van der Waals surface area contributed by atoms with E-state index in [1.807, 2.05) is 0 Å². The van der Waals surface area contributed by atoms with E-state index in [1.54, 1.807) is 0 Å². The number of carbonyl (C=O) groups excluding carboxylic acids is 1. The lowest BCUT2D eigenvalue weighted by Gasteiger charge is -2.14. The fraction of sp³-hybridized carbons (Fsp3) is 0.133. The number of hydrazine groups is 1. The Kier molecular flexibility index (Phi) is 5.49. The Balaban J connectivity index is 1.89. The summed E-state index contributed by atoms with van der Waals surface area (Å²) in [5.74, 6) is -0.909. The highest BCUT2D eigenvalue weighted by Gasteiger charge is 2.33. The first-order valence-electron chi connectivity index (χ1n) is 6.46. The molecule has 0 unspecified atom stereocenters. The molecule has 0 atom stereocenters. The Hall–Kier alpha value is -2.22. The van der Waals surface area contributed by atoms with E-state index in [9.17, 15) is 22.4 Å². The highest BCUT2D eigenvalue weighted by Crippen LogP contribution is 2.34. The number of nitrogens with one attached hydrogen (secondary N) is 2. The van der Waals surface area contributed by atoms with Gasteiger partial charge >= 0.3 is 6.18 Å². The molecule has 2 rings (SSSR count). The van der Waals surface area contributed by atoms with Crippen molar-refractivity contribution in [1.29, 1.82) is 0 Å². The fourth-order valence-corrected chi connectivity index (χ4v) is 2.39. The molecule has 2 aromatic rings. The summed E-state index contributed by atoms with van der Waals surface area (Å²) in [6.07, 6.45) is -4.52. The molecule has 2 aromatic carbocycles. The summed E-state index contributed by atoms with van der Waals surface area (Å²) in [6, 6.07) is 10.4. The molecule has 0 heterocycles. The lowest BCUT2D eigenvalue weighted by atomic mass is 10.2. The molecule has 1 amide bonds. The van der Waals surface area contributed by atoms with E-state index in [2.05, 4.69) is 10.9 Å². The van der Waals surface area contributed by atoms with Crippen LogP contribution in [0.1, 0.15) is 5.56 Å². The molecule has 122 valence electrons. The molecule has 0 fully saturated rings. The van der Waals surface area contributed by atoms with Gasteiger partial charge in [0, 0.05) is 4.90 Å². The second kappa shape index (κ2) is 7.36. The standard InChI is InChI=1S/C15H12F4N2OS/c16-10-5-7-11(8-6-10)23-9-14(22)21-20-13-4-2-1-3-12(13)15(17,18)19/h1-8,20H,9H2,(H,21,22). The molecule has 0 saturated heterocycles. The fourth-order valence-electron chi connectivity index (χ4n) is 1.69. The van der Waals surface area contributed by atoms with Crippen molar-refractivity contribution in [3.63, 3.8) is 0 Å². The Labute approximate surface area is 134 Å². The number of carbonyl (C=O) groups is 1. The topological polar surface area (TPSA) is 41.1 Å². The second-order valence-electron chi connectivity index (χ2n) is 4.46.